The van der Waals surface area contributed by atoms with Gasteiger partial charge in [0.1, 0.15) is 0 Å². The number of benzene rings is 2. The van der Waals surface area contributed by atoms with Crippen LogP contribution in [-0.2, 0) is 0 Å². The first-order chi connectivity index (χ1) is 9.04. The van der Waals surface area contributed by atoms with Gasteiger partial charge in [-0.1, -0.05) is 68.9 Å². The maximum Gasteiger partial charge on any atom is 0.0643 e. The van der Waals surface area contributed by atoms with Crippen molar-refractivity contribution in [2.24, 2.45) is 0 Å². The molecule has 19 heavy (non-hydrogen) atoms. The van der Waals surface area contributed by atoms with E-state index >= 15 is 0 Å². The molecule has 5 heteroatoms. The van der Waals surface area contributed by atoms with E-state index in [9.17, 15) is 0 Å². The molecule has 0 saturated carbocycles. The zero-order chi connectivity index (χ0) is 14.0. The first-order valence-electron chi connectivity index (χ1n) is 5.60. The summed E-state index contributed by atoms with van der Waals surface area (Å²) in [5.74, 6) is 0. The molecular formula is C14H11BrCl3N. The molecule has 1 atom stereocenters. The summed E-state index contributed by atoms with van der Waals surface area (Å²) in [5, 5.41) is 5.04. The van der Waals surface area contributed by atoms with E-state index in [4.69, 9.17) is 34.8 Å². The van der Waals surface area contributed by atoms with Gasteiger partial charge in [0.25, 0.3) is 0 Å². The van der Waals surface area contributed by atoms with Gasteiger partial charge in [0, 0.05) is 9.50 Å². The normalized spacial score (nSPS) is 12.5. The SMILES string of the molecule is CNC(c1ccc(Cl)cc1Br)c1cccc(Cl)c1Cl. The Balaban J connectivity index is 2.53. The van der Waals surface area contributed by atoms with E-state index in [0.29, 0.717) is 15.1 Å². The summed E-state index contributed by atoms with van der Waals surface area (Å²) in [6, 6.07) is 11.2. The second kappa shape index (κ2) is 6.47. The molecule has 2 aromatic rings. The Hall–Kier alpha value is -0.250. The highest BCUT2D eigenvalue weighted by Crippen LogP contribution is 2.36. The van der Waals surface area contributed by atoms with Crippen LogP contribution in [0.2, 0.25) is 15.1 Å². The van der Waals surface area contributed by atoms with Crippen molar-refractivity contribution in [2.45, 2.75) is 6.04 Å². The van der Waals surface area contributed by atoms with Crippen LogP contribution in [0.15, 0.2) is 40.9 Å². The van der Waals surface area contributed by atoms with Crippen molar-refractivity contribution in [1.29, 1.82) is 0 Å². The molecule has 1 unspecified atom stereocenters. The monoisotopic (exact) mass is 377 g/mol. The second-order valence-electron chi connectivity index (χ2n) is 4.03. The molecule has 0 bridgehead atoms. The van der Waals surface area contributed by atoms with Gasteiger partial charge in [-0.15, -0.1) is 0 Å². The highest BCUT2D eigenvalue weighted by Gasteiger charge is 2.18. The van der Waals surface area contributed by atoms with E-state index in [-0.39, 0.29) is 6.04 Å². The van der Waals surface area contributed by atoms with Gasteiger partial charge < -0.3 is 5.32 Å². The van der Waals surface area contributed by atoms with Crippen molar-refractivity contribution >= 4 is 50.7 Å². The van der Waals surface area contributed by atoms with Crippen LogP contribution >= 0.6 is 50.7 Å². The Bertz CT molecular complexity index is 601. The van der Waals surface area contributed by atoms with Crippen LogP contribution < -0.4 is 5.32 Å². The topological polar surface area (TPSA) is 12.0 Å². The third-order valence-electron chi connectivity index (χ3n) is 2.85. The van der Waals surface area contributed by atoms with Crippen LogP contribution in [0, 0.1) is 0 Å². The average Bonchev–Trinajstić information content (AvgIpc) is 2.37. The maximum atomic E-state index is 6.29. The zero-order valence-corrected chi connectivity index (χ0v) is 13.9. The predicted octanol–water partition coefficient (Wildman–Crippen LogP) is 5.72. The molecule has 2 aromatic carbocycles. The lowest BCUT2D eigenvalue weighted by molar-refractivity contribution is 0.689. The number of hydrogen-bond donors (Lipinski definition) is 1. The van der Waals surface area contributed by atoms with Crippen molar-refractivity contribution in [3.05, 3.63) is 67.1 Å². The molecule has 1 N–H and O–H groups in total. The minimum absolute atomic E-state index is 0.0576. The van der Waals surface area contributed by atoms with Crippen LogP contribution in [0.3, 0.4) is 0 Å². The van der Waals surface area contributed by atoms with Crippen LogP contribution in [0.4, 0.5) is 0 Å². The molecule has 0 heterocycles. The van der Waals surface area contributed by atoms with E-state index in [1.807, 2.05) is 37.4 Å². The lowest BCUT2D eigenvalue weighted by Gasteiger charge is -2.20. The van der Waals surface area contributed by atoms with Crippen molar-refractivity contribution in [1.82, 2.24) is 5.32 Å². The molecule has 0 saturated heterocycles. The smallest absolute Gasteiger partial charge is 0.0643 e. The second-order valence-corrected chi connectivity index (χ2v) is 6.11. The molecule has 1 nitrogen and oxygen atoms in total. The summed E-state index contributed by atoms with van der Waals surface area (Å²) in [4.78, 5) is 0. The van der Waals surface area contributed by atoms with E-state index in [1.165, 1.54) is 0 Å². The van der Waals surface area contributed by atoms with Crippen LogP contribution in [0.5, 0.6) is 0 Å². The Morgan fingerprint density at radius 3 is 2.42 bits per heavy atom. The highest BCUT2D eigenvalue weighted by molar-refractivity contribution is 9.10. The summed E-state index contributed by atoms with van der Waals surface area (Å²) in [6.45, 7) is 0. The molecule has 0 amide bonds. The minimum atomic E-state index is -0.0576. The fourth-order valence-electron chi connectivity index (χ4n) is 1.96. The van der Waals surface area contributed by atoms with Gasteiger partial charge in [-0.3, -0.25) is 0 Å². The summed E-state index contributed by atoms with van der Waals surface area (Å²) >= 11 is 21.9. The van der Waals surface area contributed by atoms with Crippen molar-refractivity contribution in [2.75, 3.05) is 7.05 Å². The van der Waals surface area contributed by atoms with Gasteiger partial charge in [-0.2, -0.15) is 0 Å². The van der Waals surface area contributed by atoms with Crippen LogP contribution in [0.25, 0.3) is 0 Å². The number of rotatable bonds is 3. The van der Waals surface area contributed by atoms with Crippen LogP contribution in [-0.4, -0.2) is 7.05 Å². The summed E-state index contributed by atoms with van der Waals surface area (Å²) in [7, 11) is 1.88. The quantitative estimate of drug-likeness (QED) is 0.719. The fourth-order valence-corrected chi connectivity index (χ4v) is 3.29. The Morgan fingerprint density at radius 2 is 1.79 bits per heavy atom. The molecule has 100 valence electrons. The minimum Gasteiger partial charge on any atom is -0.309 e. The highest BCUT2D eigenvalue weighted by atomic mass is 79.9. The number of hydrogen-bond acceptors (Lipinski definition) is 1. The van der Waals surface area contributed by atoms with Gasteiger partial charge in [0.2, 0.25) is 0 Å². The first-order valence-corrected chi connectivity index (χ1v) is 7.53. The molecule has 0 aromatic heterocycles. The Kier molecular flexibility index (Phi) is 5.15. The number of nitrogens with one attached hydrogen (secondary N) is 1. The lowest BCUT2D eigenvalue weighted by atomic mass is 9.99. The van der Waals surface area contributed by atoms with Gasteiger partial charge in [0.15, 0.2) is 0 Å². The largest absolute Gasteiger partial charge is 0.309 e. The van der Waals surface area contributed by atoms with Gasteiger partial charge >= 0.3 is 0 Å². The van der Waals surface area contributed by atoms with Crippen molar-refractivity contribution in [3.63, 3.8) is 0 Å². The molecule has 0 radical (unpaired) electrons. The molecule has 0 fully saturated rings. The third-order valence-corrected chi connectivity index (χ3v) is 4.61. The van der Waals surface area contributed by atoms with Crippen molar-refractivity contribution < 1.29 is 0 Å². The maximum absolute atomic E-state index is 6.29. The van der Waals surface area contributed by atoms with E-state index < -0.39 is 0 Å². The molecular weight excluding hydrogens is 368 g/mol. The Labute approximate surface area is 136 Å². The van der Waals surface area contributed by atoms with E-state index in [1.54, 1.807) is 6.07 Å². The van der Waals surface area contributed by atoms with Gasteiger partial charge in [-0.05, 0) is 36.4 Å². The Morgan fingerprint density at radius 1 is 1.05 bits per heavy atom. The molecule has 2 rings (SSSR count). The average molecular weight is 380 g/mol. The summed E-state index contributed by atoms with van der Waals surface area (Å²) in [6.07, 6.45) is 0. The molecule has 0 aliphatic carbocycles. The predicted molar refractivity (Wildman–Crippen MR) is 86.5 cm³/mol. The molecule has 0 aliphatic rings. The fraction of sp³-hybridized carbons (Fsp3) is 0.143. The summed E-state index contributed by atoms with van der Waals surface area (Å²) in [5.41, 5.74) is 1.98. The third kappa shape index (κ3) is 3.26. The molecule has 0 spiro atoms. The van der Waals surface area contributed by atoms with E-state index in [0.717, 1.165) is 15.6 Å². The molecule has 0 aliphatic heterocycles. The lowest BCUT2D eigenvalue weighted by Crippen LogP contribution is -2.18. The van der Waals surface area contributed by atoms with Gasteiger partial charge in [-0.25, -0.2) is 0 Å². The first kappa shape index (κ1) is 15.1. The van der Waals surface area contributed by atoms with Gasteiger partial charge in [0.05, 0.1) is 16.1 Å². The van der Waals surface area contributed by atoms with Crippen molar-refractivity contribution in [3.8, 4) is 0 Å². The zero-order valence-electron chi connectivity index (χ0n) is 10.1. The summed E-state index contributed by atoms with van der Waals surface area (Å²) < 4.78 is 0.926. The standard InChI is InChI=1S/C14H11BrCl3N/c1-19-14(9-6-5-8(16)7-11(9)15)10-3-2-4-12(17)13(10)18/h2-7,14,19H,1H3. The van der Waals surface area contributed by atoms with E-state index in [2.05, 4.69) is 21.2 Å². The number of halogens is 4. The van der Waals surface area contributed by atoms with Crippen LogP contribution in [0.1, 0.15) is 17.2 Å².